The number of hydrogen-bond donors (Lipinski definition) is 1. The maximum Gasteiger partial charge on any atom is 0.491 e. The van der Waals surface area contributed by atoms with Crippen molar-refractivity contribution >= 4 is 25.8 Å². The van der Waals surface area contributed by atoms with Crippen LogP contribution in [0.3, 0.4) is 0 Å². The highest BCUT2D eigenvalue weighted by Gasteiger charge is 2.52. The molecule has 0 aliphatic carbocycles. The molecule has 1 aliphatic heterocycles. The van der Waals surface area contributed by atoms with Gasteiger partial charge in [0.2, 0.25) is 0 Å². The molecule has 0 amide bonds. The zero-order valence-corrected chi connectivity index (χ0v) is 13.5. The lowest BCUT2D eigenvalue weighted by atomic mass is 9.78. The van der Waals surface area contributed by atoms with Crippen LogP contribution in [0.2, 0.25) is 0 Å². The first-order valence-electron chi connectivity index (χ1n) is 6.78. The highest BCUT2D eigenvalue weighted by atomic mass is 32.1. The van der Waals surface area contributed by atoms with Crippen molar-refractivity contribution in [3.8, 4) is 0 Å². The molecule has 0 saturated carbocycles. The van der Waals surface area contributed by atoms with Crippen LogP contribution in [0.25, 0.3) is 6.08 Å². The van der Waals surface area contributed by atoms with Crippen molar-refractivity contribution in [1.29, 1.82) is 0 Å². The van der Waals surface area contributed by atoms with Gasteiger partial charge in [0.25, 0.3) is 0 Å². The van der Waals surface area contributed by atoms with E-state index in [2.05, 4.69) is 12.6 Å². The van der Waals surface area contributed by atoms with Gasteiger partial charge in [-0.1, -0.05) is 6.08 Å². The molecule has 0 unspecified atom stereocenters. The summed E-state index contributed by atoms with van der Waals surface area (Å²) >= 11 is 4.27. The lowest BCUT2D eigenvalue weighted by Crippen LogP contribution is -2.41. The number of thiol groups is 1. The highest BCUT2D eigenvalue weighted by Crippen LogP contribution is 2.39. The average Bonchev–Trinajstić information content (AvgIpc) is 2.54. The molecule has 114 valence electrons. The van der Waals surface area contributed by atoms with Crippen LogP contribution in [-0.2, 0) is 9.31 Å². The third kappa shape index (κ3) is 3.50. The molecular weight excluding hydrogens is 293 g/mol. The summed E-state index contributed by atoms with van der Waals surface area (Å²) in [5.41, 5.74) is 0.216. The Kier molecular flexibility index (Phi) is 4.52. The molecule has 0 radical (unpaired) electrons. The number of rotatable bonds is 3. The molecule has 2 nitrogen and oxygen atoms in total. The molecule has 1 fully saturated rings. The van der Waals surface area contributed by atoms with E-state index in [-0.39, 0.29) is 0 Å². The van der Waals surface area contributed by atoms with Crippen LogP contribution in [0.15, 0.2) is 23.7 Å². The van der Waals surface area contributed by atoms with E-state index in [1.54, 1.807) is 6.08 Å². The van der Waals surface area contributed by atoms with E-state index < -0.39 is 30.0 Å². The van der Waals surface area contributed by atoms with E-state index in [9.17, 15) is 8.78 Å². The minimum absolute atomic E-state index is 0.370. The van der Waals surface area contributed by atoms with Gasteiger partial charge in [0.15, 0.2) is 0 Å². The average molecular weight is 312 g/mol. The van der Waals surface area contributed by atoms with E-state index in [4.69, 9.17) is 9.31 Å². The molecule has 0 aromatic heterocycles. The Morgan fingerprint density at radius 3 is 2.00 bits per heavy atom. The topological polar surface area (TPSA) is 18.5 Å². The van der Waals surface area contributed by atoms with Crippen LogP contribution in [0.1, 0.15) is 33.3 Å². The third-order valence-corrected chi connectivity index (χ3v) is 4.34. The van der Waals surface area contributed by atoms with Crippen molar-refractivity contribution in [2.24, 2.45) is 0 Å². The predicted octanol–water partition coefficient (Wildman–Crippen LogP) is 3.91. The minimum Gasteiger partial charge on any atom is -0.400 e. The van der Waals surface area contributed by atoms with Crippen LogP contribution in [-0.4, -0.2) is 24.1 Å². The van der Waals surface area contributed by atoms with Gasteiger partial charge >= 0.3 is 7.12 Å². The van der Waals surface area contributed by atoms with Gasteiger partial charge in [-0.15, -0.1) is 0 Å². The van der Waals surface area contributed by atoms with Gasteiger partial charge in [-0.05, 0) is 50.9 Å². The maximum absolute atomic E-state index is 13.3. The first-order chi connectivity index (χ1) is 9.64. The molecule has 0 N–H and O–H groups in total. The van der Waals surface area contributed by atoms with Crippen LogP contribution in [0.4, 0.5) is 8.78 Å². The lowest BCUT2D eigenvalue weighted by molar-refractivity contribution is 0.00578. The van der Waals surface area contributed by atoms with Crippen molar-refractivity contribution in [2.45, 2.75) is 38.9 Å². The molecule has 1 aromatic rings. The van der Waals surface area contributed by atoms with E-state index in [0.29, 0.717) is 11.3 Å². The van der Waals surface area contributed by atoms with E-state index >= 15 is 0 Å². The fraction of sp³-hybridized carbons (Fsp3) is 0.467. The normalized spacial score (nSPS) is 20.9. The Bertz CT molecular complexity index is 537. The zero-order chi connectivity index (χ0) is 15.8. The molecular formula is C15H19BF2O2S. The zero-order valence-electron chi connectivity index (χ0n) is 12.6. The Hall–Kier alpha value is -0.845. The van der Waals surface area contributed by atoms with E-state index in [1.165, 1.54) is 12.1 Å². The quantitative estimate of drug-likeness (QED) is 0.674. The smallest absolute Gasteiger partial charge is 0.400 e. The Balaban J connectivity index is 2.30. The molecule has 21 heavy (non-hydrogen) atoms. The van der Waals surface area contributed by atoms with Crippen molar-refractivity contribution in [3.63, 3.8) is 0 Å². The van der Waals surface area contributed by atoms with Crippen LogP contribution >= 0.6 is 12.6 Å². The summed E-state index contributed by atoms with van der Waals surface area (Å²) in [4.78, 5) is 0. The minimum atomic E-state index is -0.617. The van der Waals surface area contributed by atoms with Crippen LogP contribution < -0.4 is 0 Å². The number of halogens is 2. The summed E-state index contributed by atoms with van der Waals surface area (Å²) < 4.78 is 38.4. The first kappa shape index (κ1) is 16.5. The molecule has 0 bridgehead atoms. The Morgan fingerprint density at radius 1 is 1.10 bits per heavy atom. The fourth-order valence-electron chi connectivity index (χ4n) is 2.06. The highest BCUT2D eigenvalue weighted by molar-refractivity contribution is 7.80. The second-order valence-electron chi connectivity index (χ2n) is 6.17. The van der Waals surface area contributed by atoms with Crippen LogP contribution in [0, 0.1) is 11.6 Å². The van der Waals surface area contributed by atoms with E-state index in [1.807, 2.05) is 27.7 Å². The summed E-state index contributed by atoms with van der Waals surface area (Å²) in [6.45, 7) is 7.80. The number of hydrogen-bond acceptors (Lipinski definition) is 3. The molecule has 0 atom stereocenters. The van der Waals surface area contributed by atoms with Gasteiger partial charge in [-0.3, -0.25) is 0 Å². The summed E-state index contributed by atoms with van der Waals surface area (Å²) in [5, 5.41) is 0. The van der Waals surface area contributed by atoms with Crippen molar-refractivity contribution in [2.75, 3.05) is 5.75 Å². The predicted molar refractivity (Wildman–Crippen MR) is 84.3 cm³/mol. The Morgan fingerprint density at radius 2 is 1.57 bits per heavy atom. The fourth-order valence-corrected chi connectivity index (χ4v) is 2.30. The lowest BCUT2D eigenvalue weighted by Gasteiger charge is -2.32. The van der Waals surface area contributed by atoms with Crippen molar-refractivity contribution in [3.05, 3.63) is 40.9 Å². The largest absolute Gasteiger partial charge is 0.491 e. The maximum atomic E-state index is 13.3. The SMILES string of the molecule is CC1(C)OB(C(=Cc2cc(F)cc(F)c2)CS)OC1(C)C. The standard InChI is InChI=1S/C15H19BF2O2S/c1-14(2)15(3,4)20-16(19-14)11(9-21)5-10-6-12(17)8-13(18)7-10/h5-8,21H,9H2,1-4H3. The van der Waals surface area contributed by atoms with Gasteiger partial charge in [-0.2, -0.15) is 12.6 Å². The monoisotopic (exact) mass is 312 g/mol. The molecule has 1 aliphatic rings. The molecule has 1 heterocycles. The van der Waals surface area contributed by atoms with Crippen molar-refractivity contribution < 1.29 is 18.1 Å². The van der Waals surface area contributed by atoms with Gasteiger partial charge in [0.05, 0.1) is 11.2 Å². The summed E-state index contributed by atoms with van der Waals surface area (Å²) in [6, 6.07) is 3.36. The molecule has 6 heteroatoms. The molecule has 1 aromatic carbocycles. The van der Waals surface area contributed by atoms with Gasteiger partial charge in [0, 0.05) is 11.8 Å². The summed E-state index contributed by atoms with van der Waals surface area (Å²) in [7, 11) is -0.571. The second-order valence-corrected chi connectivity index (χ2v) is 6.48. The van der Waals surface area contributed by atoms with Crippen LogP contribution in [0.5, 0.6) is 0 Å². The molecule has 2 rings (SSSR count). The van der Waals surface area contributed by atoms with Crippen molar-refractivity contribution in [1.82, 2.24) is 0 Å². The summed E-state index contributed by atoms with van der Waals surface area (Å²) in [6.07, 6.45) is 1.65. The van der Waals surface area contributed by atoms with Gasteiger partial charge < -0.3 is 9.31 Å². The Labute approximate surface area is 130 Å². The molecule has 1 saturated heterocycles. The molecule has 0 spiro atoms. The third-order valence-electron chi connectivity index (χ3n) is 3.98. The second kappa shape index (κ2) is 5.74. The van der Waals surface area contributed by atoms with Gasteiger partial charge in [-0.25, -0.2) is 8.78 Å². The van der Waals surface area contributed by atoms with E-state index in [0.717, 1.165) is 11.5 Å². The van der Waals surface area contributed by atoms with Gasteiger partial charge in [0.1, 0.15) is 11.6 Å². The first-order valence-corrected chi connectivity index (χ1v) is 7.41. The number of benzene rings is 1. The summed E-state index contributed by atoms with van der Waals surface area (Å²) in [5.74, 6) is -0.864.